The molecular formula is C49H63N9O6. The Morgan fingerprint density at radius 1 is 0.750 bits per heavy atom. The maximum Gasteiger partial charge on any atom is 0.246 e. The molecule has 0 unspecified atom stereocenters. The van der Waals surface area contributed by atoms with Gasteiger partial charge in [0.1, 0.15) is 23.7 Å². The van der Waals surface area contributed by atoms with Crippen LogP contribution in [0.25, 0.3) is 10.8 Å². The Morgan fingerprint density at radius 2 is 1.41 bits per heavy atom. The molecule has 5 rings (SSSR count). The third-order valence-electron chi connectivity index (χ3n) is 11.9. The van der Waals surface area contributed by atoms with Crippen LogP contribution in [0.1, 0.15) is 87.3 Å². The molecule has 0 saturated heterocycles. The average Bonchev–Trinajstić information content (AvgIpc) is 3.30. The third-order valence-corrected chi connectivity index (χ3v) is 11.9. The number of benzene rings is 4. The van der Waals surface area contributed by atoms with Gasteiger partial charge in [0.2, 0.25) is 35.4 Å². The zero-order valence-corrected chi connectivity index (χ0v) is 36.9. The van der Waals surface area contributed by atoms with Crippen molar-refractivity contribution in [3.05, 3.63) is 120 Å². The maximum absolute atomic E-state index is 14.7. The highest BCUT2D eigenvalue weighted by atomic mass is 16.2. The lowest BCUT2D eigenvalue weighted by molar-refractivity contribution is -0.143. The van der Waals surface area contributed by atoms with Crippen LogP contribution < -0.4 is 38.5 Å². The zero-order chi connectivity index (χ0) is 46.1. The second-order valence-electron chi connectivity index (χ2n) is 16.7. The van der Waals surface area contributed by atoms with Crippen LogP contribution in [0.5, 0.6) is 0 Å². The van der Waals surface area contributed by atoms with Gasteiger partial charge in [-0.05, 0) is 78.3 Å². The van der Waals surface area contributed by atoms with Crippen LogP contribution in [-0.2, 0) is 41.6 Å². The molecule has 4 aromatic rings. The molecule has 340 valence electrons. The monoisotopic (exact) mass is 873 g/mol. The highest BCUT2D eigenvalue weighted by Gasteiger charge is 2.45. The number of hydrogen-bond donors (Lipinski definition) is 7. The molecule has 6 amide bonds. The predicted molar refractivity (Wildman–Crippen MR) is 248 cm³/mol. The van der Waals surface area contributed by atoms with Gasteiger partial charge in [-0.15, -0.1) is 0 Å². The number of aliphatic imine (C=N–C) groups is 1. The summed E-state index contributed by atoms with van der Waals surface area (Å²) in [5.74, 6) is -3.25. The van der Waals surface area contributed by atoms with Gasteiger partial charge in [0.25, 0.3) is 0 Å². The third kappa shape index (κ3) is 13.9. The van der Waals surface area contributed by atoms with Crippen LogP contribution >= 0.6 is 0 Å². The van der Waals surface area contributed by atoms with Crippen molar-refractivity contribution in [1.82, 2.24) is 26.2 Å². The van der Waals surface area contributed by atoms with Crippen molar-refractivity contribution in [3.63, 3.8) is 0 Å². The number of nitrogens with zero attached hydrogens (tertiary/aromatic N) is 2. The van der Waals surface area contributed by atoms with Crippen LogP contribution in [0.15, 0.2) is 108 Å². The largest absolute Gasteiger partial charge is 0.370 e. The van der Waals surface area contributed by atoms with Gasteiger partial charge in [-0.3, -0.25) is 33.8 Å². The Morgan fingerprint density at radius 3 is 2.06 bits per heavy atom. The van der Waals surface area contributed by atoms with E-state index in [1.807, 2.05) is 97.9 Å². The molecule has 0 heterocycles. The normalized spacial score (nSPS) is 17.2. The van der Waals surface area contributed by atoms with Crippen molar-refractivity contribution in [1.29, 1.82) is 0 Å². The number of nitrogens with one attached hydrogen (secondary N) is 4. The lowest BCUT2D eigenvalue weighted by atomic mass is 9.73. The van der Waals surface area contributed by atoms with E-state index in [0.717, 1.165) is 28.3 Å². The van der Waals surface area contributed by atoms with Crippen molar-refractivity contribution >= 4 is 52.2 Å². The molecule has 15 nitrogen and oxygen atoms in total. The number of unbranched alkanes of at least 4 members (excludes halogenated alkanes) is 1. The summed E-state index contributed by atoms with van der Waals surface area (Å²) in [5.41, 5.74) is 18.0. The van der Waals surface area contributed by atoms with E-state index in [-0.39, 0.29) is 56.4 Å². The molecule has 15 heteroatoms. The van der Waals surface area contributed by atoms with Gasteiger partial charge in [0.15, 0.2) is 5.96 Å². The van der Waals surface area contributed by atoms with Crippen molar-refractivity contribution in [2.45, 2.75) is 107 Å². The summed E-state index contributed by atoms with van der Waals surface area (Å²) in [6.07, 6.45) is 4.27. The molecule has 0 radical (unpaired) electrons. The lowest BCUT2D eigenvalue weighted by Crippen LogP contribution is -2.64. The summed E-state index contributed by atoms with van der Waals surface area (Å²) in [6, 6.07) is 29.3. The van der Waals surface area contributed by atoms with Crippen molar-refractivity contribution in [2.24, 2.45) is 22.2 Å². The van der Waals surface area contributed by atoms with Crippen molar-refractivity contribution < 1.29 is 28.8 Å². The first-order chi connectivity index (χ1) is 30.8. The summed E-state index contributed by atoms with van der Waals surface area (Å²) in [4.78, 5) is 88.2. The number of rotatable bonds is 22. The molecule has 10 N–H and O–H groups in total. The van der Waals surface area contributed by atoms with E-state index >= 15 is 0 Å². The van der Waals surface area contributed by atoms with Gasteiger partial charge < -0.3 is 43.4 Å². The summed E-state index contributed by atoms with van der Waals surface area (Å²) in [6.45, 7) is 1.70. The molecule has 0 bridgehead atoms. The number of likely N-dealkylation sites (N-methyl/N-ethyl adjacent to an activating group) is 1. The summed E-state index contributed by atoms with van der Waals surface area (Å²) >= 11 is 0. The molecule has 1 fully saturated rings. The van der Waals surface area contributed by atoms with E-state index in [0.29, 0.717) is 32.1 Å². The number of nitrogens with two attached hydrogens (primary N) is 3. The topological polar surface area (TPSA) is 244 Å². The smallest absolute Gasteiger partial charge is 0.246 e. The van der Waals surface area contributed by atoms with Crippen molar-refractivity contribution in [2.75, 3.05) is 20.1 Å². The van der Waals surface area contributed by atoms with Crippen LogP contribution in [0.3, 0.4) is 0 Å². The first kappa shape index (κ1) is 48.3. The SMILES string of the molecule is CCCCC(=O)NC1(C(=O)N[C@H](Cc2ccccc2)C(=O)N[C@@H](CCCN=C(N)N)C(=O)N(C)[C@@H](Cc2ccc3ccccc3c2)C(=O)NCC(N)=O)CCC(c2ccccc2)CC1. The number of carbonyl (C=O) groups excluding carboxylic acids is 6. The molecular weight excluding hydrogens is 811 g/mol. The summed E-state index contributed by atoms with van der Waals surface area (Å²) in [7, 11) is 1.47. The number of guanidine groups is 1. The van der Waals surface area contributed by atoms with Crippen LogP contribution in [-0.4, -0.2) is 90.1 Å². The number of carbonyl (C=O) groups is 6. The minimum absolute atomic E-state index is 0.0710. The highest BCUT2D eigenvalue weighted by molar-refractivity contribution is 5.97. The molecule has 0 aliphatic heterocycles. The van der Waals surface area contributed by atoms with Crippen molar-refractivity contribution in [3.8, 4) is 0 Å². The maximum atomic E-state index is 14.7. The van der Waals surface area contributed by atoms with Gasteiger partial charge in [-0.1, -0.05) is 116 Å². The summed E-state index contributed by atoms with van der Waals surface area (Å²) in [5, 5.41) is 13.5. The standard InChI is InChI=1S/C49H63N9O6/c1-3-4-21-43(60)57-49(26-24-37(25-27-49)35-16-9-6-10-17-35)47(64)56-40(30-33-14-7-5-8-15-33)44(61)55-39(20-13-28-53-48(51)52)46(63)58(2)41(45(62)54-32-42(50)59)31-34-22-23-36-18-11-12-19-38(36)29-34/h5-12,14-19,22-23,29,37,39-41H,3-4,13,20-21,24-28,30-32H2,1-2H3,(H2,50,59)(H,54,62)(H,55,61)(H,56,64)(H,57,60)(H4,51,52,53)/t37?,39-,40+,41-,49?/m0/s1. The van der Waals surface area contributed by atoms with E-state index in [2.05, 4.69) is 38.4 Å². The Kier molecular flexibility index (Phi) is 17.8. The van der Waals surface area contributed by atoms with Gasteiger partial charge in [-0.25, -0.2) is 0 Å². The van der Waals surface area contributed by atoms with Gasteiger partial charge in [-0.2, -0.15) is 0 Å². The number of hydrogen-bond acceptors (Lipinski definition) is 7. The zero-order valence-electron chi connectivity index (χ0n) is 36.9. The minimum Gasteiger partial charge on any atom is -0.370 e. The van der Waals surface area contributed by atoms with Crippen LogP contribution in [0, 0.1) is 0 Å². The minimum atomic E-state index is -1.27. The molecule has 0 spiro atoms. The Labute approximate surface area is 375 Å². The first-order valence-corrected chi connectivity index (χ1v) is 22.2. The molecule has 0 aromatic heterocycles. The fraction of sp³-hybridized carbons (Fsp3) is 0.408. The van der Waals surface area contributed by atoms with E-state index in [1.165, 1.54) is 17.5 Å². The Bertz CT molecular complexity index is 2240. The number of fused-ring (bicyclic) bond motifs is 1. The molecule has 1 saturated carbocycles. The Balaban J connectivity index is 1.44. The van der Waals surface area contributed by atoms with E-state index in [4.69, 9.17) is 17.2 Å². The van der Waals surface area contributed by atoms with E-state index in [9.17, 15) is 28.8 Å². The van der Waals surface area contributed by atoms with E-state index in [1.54, 1.807) is 0 Å². The second kappa shape index (κ2) is 23.6. The molecule has 3 atom stereocenters. The predicted octanol–water partition coefficient (Wildman–Crippen LogP) is 3.48. The van der Waals surface area contributed by atoms with Crippen LogP contribution in [0.4, 0.5) is 0 Å². The number of amides is 6. The lowest BCUT2D eigenvalue weighted by Gasteiger charge is -2.40. The fourth-order valence-electron chi connectivity index (χ4n) is 8.32. The molecule has 4 aromatic carbocycles. The first-order valence-electron chi connectivity index (χ1n) is 22.2. The molecule has 64 heavy (non-hydrogen) atoms. The number of primary amides is 1. The summed E-state index contributed by atoms with van der Waals surface area (Å²) < 4.78 is 0. The average molecular weight is 874 g/mol. The van der Waals surface area contributed by atoms with Gasteiger partial charge in [0.05, 0.1) is 6.54 Å². The quantitative estimate of drug-likeness (QED) is 0.0350. The van der Waals surface area contributed by atoms with Crippen LogP contribution in [0.2, 0.25) is 0 Å². The fourth-order valence-corrected chi connectivity index (χ4v) is 8.32. The molecule has 1 aliphatic carbocycles. The molecule has 1 aliphatic rings. The highest BCUT2D eigenvalue weighted by Crippen LogP contribution is 2.38. The Hall–Kier alpha value is -6.77. The van der Waals surface area contributed by atoms with Gasteiger partial charge >= 0.3 is 0 Å². The van der Waals surface area contributed by atoms with Gasteiger partial charge in [0, 0.05) is 32.9 Å². The second-order valence-corrected chi connectivity index (χ2v) is 16.7. The van der Waals surface area contributed by atoms with E-state index < -0.39 is 59.7 Å².